The molecule has 18 heteroatoms. The molecule has 1 aromatic rings. The molecular weight excluding hydrogens is 452 g/mol. The first-order valence-electron chi connectivity index (χ1n) is 5.92. The van der Waals surface area contributed by atoms with E-state index >= 15 is 0 Å². The molecule has 162 valence electrons. The van der Waals surface area contributed by atoms with Crippen LogP contribution in [0.4, 0.5) is 70.2 Å². The minimum Gasteiger partial charge on any atom is -0.226 e. The van der Waals surface area contributed by atoms with Gasteiger partial charge in [0, 0.05) is 0 Å². The van der Waals surface area contributed by atoms with Gasteiger partial charge in [0.2, 0.25) is 5.82 Å². The number of hydrogen-bond donors (Lipinski definition) is 0. The Morgan fingerprint density at radius 2 is 0.786 bits per heavy atom. The largest absolute Gasteiger partial charge is 0.439 e. The molecule has 28 heavy (non-hydrogen) atoms. The van der Waals surface area contributed by atoms with Gasteiger partial charge in [-0.25, -0.2) is 13.8 Å². The fraction of sp³-hybridized carbons (Fsp3) is 0.600. The lowest BCUT2D eigenvalue weighted by Crippen LogP contribution is -2.54. The van der Waals surface area contributed by atoms with Crippen molar-refractivity contribution in [3.05, 3.63) is 23.3 Å². The second-order valence-corrected chi connectivity index (χ2v) is 4.81. The topological polar surface area (TPSA) is 25.8 Å². The molecular formula is C10F16N2. The number of halogens is 16. The van der Waals surface area contributed by atoms with Crippen LogP contribution in [0.25, 0.3) is 0 Å². The van der Waals surface area contributed by atoms with Gasteiger partial charge in [-0.05, 0) is 0 Å². The third kappa shape index (κ3) is 3.29. The van der Waals surface area contributed by atoms with E-state index in [0.29, 0.717) is 0 Å². The van der Waals surface area contributed by atoms with Crippen molar-refractivity contribution < 1.29 is 70.2 Å². The maximum atomic E-state index is 13.7. The lowest BCUT2D eigenvalue weighted by Gasteiger charge is -2.32. The molecule has 0 unspecified atom stereocenters. The van der Waals surface area contributed by atoms with Crippen LogP contribution in [0.15, 0.2) is 0 Å². The van der Waals surface area contributed by atoms with E-state index in [2.05, 4.69) is 0 Å². The fourth-order valence-electron chi connectivity index (χ4n) is 1.65. The van der Waals surface area contributed by atoms with Crippen molar-refractivity contribution in [3.63, 3.8) is 0 Å². The summed E-state index contributed by atoms with van der Waals surface area (Å²) in [5, 5.41) is 0. The first kappa shape index (κ1) is 24.0. The van der Waals surface area contributed by atoms with Crippen LogP contribution in [-0.4, -0.2) is 34.7 Å². The SMILES string of the molecule is Fc1nc(C(F)(C(F)(F)F)C(F)(F)F)nc(C(F)(C(F)(F)F)C(F)(F)F)c1F. The summed E-state index contributed by atoms with van der Waals surface area (Å²) in [7, 11) is 0. The Bertz CT molecular complexity index is 710. The Balaban J connectivity index is 4.08. The highest BCUT2D eigenvalue weighted by Crippen LogP contribution is 2.55. The molecule has 0 fully saturated rings. The van der Waals surface area contributed by atoms with Gasteiger partial charge in [-0.2, -0.15) is 66.4 Å². The van der Waals surface area contributed by atoms with Crippen LogP contribution < -0.4 is 0 Å². The van der Waals surface area contributed by atoms with Crippen LogP contribution in [0, 0.1) is 11.8 Å². The van der Waals surface area contributed by atoms with Crippen LogP contribution in [0.5, 0.6) is 0 Å². The standard InChI is InChI=1S/C10F16N2/c11-1-2(5(13,7(15,16)17)8(18,19)20)27-4(28-3(1)12)6(14,9(21,22)23)10(24,25)26. The van der Waals surface area contributed by atoms with E-state index in [0.717, 1.165) is 0 Å². The number of hydrogen-bond acceptors (Lipinski definition) is 2. The molecule has 0 aromatic carbocycles. The Kier molecular flexibility index (Phi) is 5.34. The van der Waals surface area contributed by atoms with Gasteiger partial charge < -0.3 is 0 Å². The third-order valence-electron chi connectivity index (χ3n) is 3.01. The number of alkyl halides is 14. The lowest BCUT2D eigenvalue weighted by molar-refractivity contribution is -0.354. The van der Waals surface area contributed by atoms with Crippen LogP contribution >= 0.6 is 0 Å². The molecule has 0 N–H and O–H groups in total. The van der Waals surface area contributed by atoms with Gasteiger partial charge in [-0.15, -0.1) is 0 Å². The Hall–Kier alpha value is -2.04. The van der Waals surface area contributed by atoms with E-state index in [1.807, 2.05) is 0 Å². The number of nitrogens with zero attached hydrogens (tertiary/aromatic N) is 2. The molecule has 1 rings (SSSR count). The first-order valence-corrected chi connectivity index (χ1v) is 5.92. The van der Waals surface area contributed by atoms with E-state index in [9.17, 15) is 70.2 Å². The lowest BCUT2D eigenvalue weighted by atomic mass is 9.97. The molecule has 0 atom stereocenters. The second-order valence-electron chi connectivity index (χ2n) is 4.81. The minimum absolute atomic E-state index is 1.19. The number of rotatable bonds is 2. The maximum Gasteiger partial charge on any atom is 0.439 e. The van der Waals surface area contributed by atoms with Crippen molar-refractivity contribution in [2.24, 2.45) is 0 Å². The van der Waals surface area contributed by atoms with Crippen molar-refractivity contribution in [1.29, 1.82) is 0 Å². The molecule has 0 spiro atoms. The average molecular weight is 452 g/mol. The molecule has 0 amide bonds. The van der Waals surface area contributed by atoms with Crippen molar-refractivity contribution in [3.8, 4) is 0 Å². The normalized spacial score (nSPS) is 15.1. The Morgan fingerprint density at radius 1 is 0.464 bits per heavy atom. The first-order chi connectivity index (χ1) is 12.0. The molecule has 0 saturated carbocycles. The highest BCUT2D eigenvalue weighted by atomic mass is 19.4. The monoisotopic (exact) mass is 452 g/mol. The highest BCUT2D eigenvalue weighted by molar-refractivity contribution is 5.24. The zero-order chi connectivity index (χ0) is 22.7. The fourth-order valence-corrected chi connectivity index (χ4v) is 1.65. The van der Waals surface area contributed by atoms with Gasteiger partial charge in [-0.1, -0.05) is 0 Å². The van der Waals surface area contributed by atoms with E-state index < -0.39 is 59.3 Å². The van der Waals surface area contributed by atoms with Crippen molar-refractivity contribution >= 4 is 0 Å². The molecule has 0 aliphatic heterocycles. The summed E-state index contributed by atoms with van der Waals surface area (Å²) in [5.41, 5.74) is -18.1. The molecule has 0 radical (unpaired) electrons. The Labute approximate surface area is 141 Å². The molecule has 1 aromatic heterocycles. The summed E-state index contributed by atoms with van der Waals surface area (Å²) in [6.45, 7) is 0. The van der Waals surface area contributed by atoms with Gasteiger partial charge in [0.25, 0.3) is 5.95 Å². The zero-order valence-electron chi connectivity index (χ0n) is 11.9. The van der Waals surface area contributed by atoms with Crippen LogP contribution in [-0.2, 0) is 11.3 Å². The summed E-state index contributed by atoms with van der Waals surface area (Å²) in [6.07, 6.45) is -29.1. The second kappa shape index (κ2) is 6.23. The highest BCUT2D eigenvalue weighted by Gasteiger charge is 2.78. The molecule has 2 nitrogen and oxygen atoms in total. The summed E-state index contributed by atoms with van der Waals surface area (Å²) in [5.74, 6) is -11.0. The van der Waals surface area contributed by atoms with Gasteiger partial charge in [0.05, 0.1) is 0 Å². The summed E-state index contributed by atoms with van der Waals surface area (Å²) < 4.78 is 204. The van der Waals surface area contributed by atoms with E-state index in [-0.39, 0.29) is 0 Å². The predicted octanol–water partition coefficient (Wildman–Crippen LogP) is 5.33. The molecule has 1 heterocycles. The smallest absolute Gasteiger partial charge is 0.226 e. The summed E-state index contributed by atoms with van der Waals surface area (Å²) in [4.78, 5) is 2.53. The van der Waals surface area contributed by atoms with E-state index in [1.54, 1.807) is 0 Å². The van der Waals surface area contributed by atoms with Gasteiger partial charge >= 0.3 is 36.0 Å². The summed E-state index contributed by atoms with van der Waals surface area (Å²) >= 11 is 0. The maximum absolute atomic E-state index is 13.7. The Morgan fingerprint density at radius 3 is 1.07 bits per heavy atom. The average Bonchev–Trinajstić information content (AvgIpc) is 2.43. The molecule has 0 bridgehead atoms. The van der Waals surface area contributed by atoms with Crippen molar-refractivity contribution in [2.75, 3.05) is 0 Å². The van der Waals surface area contributed by atoms with Gasteiger partial charge in [0.15, 0.2) is 5.82 Å². The van der Waals surface area contributed by atoms with Crippen LogP contribution in [0.2, 0.25) is 0 Å². The quantitative estimate of drug-likeness (QED) is 0.448. The van der Waals surface area contributed by atoms with Crippen LogP contribution in [0.3, 0.4) is 0 Å². The van der Waals surface area contributed by atoms with E-state index in [1.165, 1.54) is 9.97 Å². The van der Waals surface area contributed by atoms with Gasteiger partial charge in [-0.3, -0.25) is 0 Å². The summed E-state index contributed by atoms with van der Waals surface area (Å²) in [6, 6.07) is 0. The molecule has 0 saturated heterocycles. The number of aromatic nitrogens is 2. The van der Waals surface area contributed by atoms with Gasteiger partial charge in [0.1, 0.15) is 5.69 Å². The van der Waals surface area contributed by atoms with Crippen molar-refractivity contribution in [1.82, 2.24) is 9.97 Å². The minimum atomic E-state index is -7.32. The van der Waals surface area contributed by atoms with E-state index in [4.69, 9.17) is 0 Å². The van der Waals surface area contributed by atoms with Crippen molar-refractivity contribution in [2.45, 2.75) is 36.0 Å². The van der Waals surface area contributed by atoms with Crippen LogP contribution in [0.1, 0.15) is 11.5 Å². The zero-order valence-corrected chi connectivity index (χ0v) is 11.9. The predicted molar refractivity (Wildman–Crippen MR) is 51.7 cm³/mol. The molecule has 0 aliphatic rings. The third-order valence-corrected chi connectivity index (χ3v) is 3.01. The molecule has 0 aliphatic carbocycles.